The maximum Gasteiger partial charge on any atom is 0.233 e. The van der Waals surface area contributed by atoms with Gasteiger partial charge in [0.2, 0.25) is 10.0 Å². The van der Waals surface area contributed by atoms with E-state index in [1.54, 1.807) is 0 Å². The second kappa shape index (κ2) is 4.50. The van der Waals surface area contributed by atoms with E-state index in [0.717, 1.165) is 0 Å². The van der Waals surface area contributed by atoms with Gasteiger partial charge in [-0.3, -0.25) is 0 Å². The Morgan fingerprint density at radius 1 is 1.29 bits per heavy atom. The maximum atomic E-state index is 12.4. The molecule has 0 fully saturated rings. The zero-order valence-corrected chi connectivity index (χ0v) is 8.13. The van der Waals surface area contributed by atoms with Gasteiger partial charge in [-0.1, -0.05) is 12.1 Å². The summed E-state index contributed by atoms with van der Waals surface area (Å²) in [6.07, 6.45) is 0. The molecule has 0 aliphatic rings. The third-order valence-corrected chi connectivity index (χ3v) is 1.92. The monoisotopic (exact) mass is 219 g/mol. The van der Waals surface area contributed by atoms with Gasteiger partial charge in [-0.15, -0.1) is 0 Å². The van der Waals surface area contributed by atoms with Crippen molar-refractivity contribution >= 4 is 10.0 Å². The van der Waals surface area contributed by atoms with Crippen molar-refractivity contribution in [1.29, 1.82) is 0 Å². The molecule has 0 bridgehead atoms. The SMILES string of the molecule is NS(=O)(=O)COCc1ccc(F)cc1. The van der Waals surface area contributed by atoms with Gasteiger partial charge in [0.05, 0.1) is 6.61 Å². The predicted octanol–water partition coefficient (Wildman–Crippen LogP) is 0.588. The van der Waals surface area contributed by atoms with Gasteiger partial charge in [0.1, 0.15) is 5.82 Å². The first-order valence-corrected chi connectivity index (χ1v) is 5.51. The van der Waals surface area contributed by atoms with Crippen LogP contribution in [0.15, 0.2) is 24.3 Å². The van der Waals surface area contributed by atoms with Crippen molar-refractivity contribution in [2.75, 3.05) is 5.94 Å². The average molecular weight is 219 g/mol. The van der Waals surface area contributed by atoms with E-state index in [4.69, 9.17) is 9.88 Å². The van der Waals surface area contributed by atoms with Crippen LogP contribution in [0.4, 0.5) is 4.39 Å². The molecule has 0 aliphatic carbocycles. The van der Waals surface area contributed by atoms with Crippen LogP contribution in [-0.2, 0) is 21.4 Å². The minimum Gasteiger partial charge on any atom is -0.359 e. The average Bonchev–Trinajstić information content (AvgIpc) is 2.06. The van der Waals surface area contributed by atoms with E-state index in [-0.39, 0.29) is 12.4 Å². The molecule has 0 saturated carbocycles. The Morgan fingerprint density at radius 3 is 2.36 bits per heavy atom. The highest BCUT2D eigenvalue weighted by Gasteiger charge is 2.02. The van der Waals surface area contributed by atoms with E-state index in [1.165, 1.54) is 24.3 Å². The molecular formula is C8H10FNO3S. The smallest absolute Gasteiger partial charge is 0.233 e. The van der Waals surface area contributed by atoms with Crippen molar-refractivity contribution < 1.29 is 17.5 Å². The van der Waals surface area contributed by atoms with Crippen LogP contribution in [0.1, 0.15) is 5.56 Å². The molecule has 0 radical (unpaired) electrons. The van der Waals surface area contributed by atoms with Crippen LogP contribution in [0.25, 0.3) is 0 Å². The Hall–Kier alpha value is -0.980. The van der Waals surface area contributed by atoms with Crippen molar-refractivity contribution in [3.8, 4) is 0 Å². The first-order valence-electron chi connectivity index (χ1n) is 3.80. The summed E-state index contributed by atoms with van der Waals surface area (Å²) in [5, 5.41) is 4.71. The molecule has 4 nitrogen and oxygen atoms in total. The van der Waals surface area contributed by atoms with Crippen molar-refractivity contribution in [3.63, 3.8) is 0 Å². The molecule has 0 heterocycles. The number of primary sulfonamides is 1. The second-order valence-electron chi connectivity index (χ2n) is 2.76. The predicted molar refractivity (Wildman–Crippen MR) is 49.2 cm³/mol. The number of rotatable bonds is 4. The molecule has 14 heavy (non-hydrogen) atoms. The Morgan fingerprint density at radius 2 is 1.86 bits per heavy atom. The van der Waals surface area contributed by atoms with Gasteiger partial charge in [-0.25, -0.2) is 17.9 Å². The fourth-order valence-corrected chi connectivity index (χ4v) is 1.17. The molecule has 78 valence electrons. The zero-order valence-electron chi connectivity index (χ0n) is 7.31. The van der Waals surface area contributed by atoms with Crippen molar-refractivity contribution in [2.45, 2.75) is 6.61 Å². The molecule has 0 aromatic heterocycles. The van der Waals surface area contributed by atoms with Gasteiger partial charge in [0.25, 0.3) is 0 Å². The fourth-order valence-electron chi connectivity index (χ4n) is 0.856. The van der Waals surface area contributed by atoms with Crippen molar-refractivity contribution in [2.24, 2.45) is 5.14 Å². The normalized spacial score (nSPS) is 11.6. The Balaban J connectivity index is 2.43. The van der Waals surface area contributed by atoms with Crippen LogP contribution in [-0.4, -0.2) is 14.4 Å². The van der Waals surface area contributed by atoms with Crippen LogP contribution < -0.4 is 5.14 Å². The summed E-state index contributed by atoms with van der Waals surface area (Å²) in [6, 6.07) is 5.57. The number of nitrogens with two attached hydrogens (primary N) is 1. The minimum absolute atomic E-state index is 0.0940. The van der Waals surface area contributed by atoms with Gasteiger partial charge in [-0.2, -0.15) is 0 Å². The van der Waals surface area contributed by atoms with E-state index in [0.29, 0.717) is 5.56 Å². The lowest BCUT2D eigenvalue weighted by Crippen LogP contribution is -2.18. The summed E-state index contributed by atoms with van der Waals surface area (Å²) in [6.45, 7) is 0.0940. The summed E-state index contributed by atoms with van der Waals surface area (Å²) < 4.78 is 38.2. The maximum absolute atomic E-state index is 12.4. The van der Waals surface area contributed by atoms with Crippen LogP contribution in [0.2, 0.25) is 0 Å². The number of hydrogen-bond donors (Lipinski definition) is 1. The fraction of sp³-hybridized carbons (Fsp3) is 0.250. The van der Waals surface area contributed by atoms with Crippen LogP contribution in [0.5, 0.6) is 0 Å². The first kappa shape index (κ1) is 11.1. The molecule has 0 aliphatic heterocycles. The number of benzene rings is 1. The number of halogens is 1. The second-order valence-corrected chi connectivity index (χ2v) is 4.32. The van der Waals surface area contributed by atoms with Gasteiger partial charge >= 0.3 is 0 Å². The molecule has 1 aromatic rings. The van der Waals surface area contributed by atoms with Crippen LogP contribution in [0.3, 0.4) is 0 Å². The summed E-state index contributed by atoms with van der Waals surface area (Å²) in [7, 11) is -3.60. The molecule has 0 spiro atoms. The molecule has 0 saturated heterocycles. The van der Waals surface area contributed by atoms with E-state index >= 15 is 0 Å². The summed E-state index contributed by atoms with van der Waals surface area (Å²) in [4.78, 5) is 0. The van der Waals surface area contributed by atoms with Crippen molar-refractivity contribution in [3.05, 3.63) is 35.6 Å². The van der Waals surface area contributed by atoms with E-state index in [1.807, 2.05) is 0 Å². The topological polar surface area (TPSA) is 69.4 Å². The lowest BCUT2D eigenvalue weighted by atomic mass is 10.2. The lowest BCUT2D eigenvalue weighted by molar-refractivity contribution is 0.163. The van der Waals surface area contributed by atoms with E-state index < -0.39 is 16.0 Å². The largest absolute Gasteiger partial charge is 0.359 e. The number of sulfonamides is 1. The summed E-state index contributed by atoms with van der Waals surface area (Å²) in [5.74, 6) is -0.884. The van der Waals surface area contributed by atoms with E-state index in [2.05, 4.69) is 0 Å². The Kier molecular flexibility index (Phi) is 3.56. The lowest BCUT2D eigenvalue weighted by Gasteiger charge is -2.02. The molecule has 1 aromatic carbocycles. The highest BCUT2D eigenvalue weighted by molar-refractivity contribution is 7.88. The Labute approximate surface area is 81.5 Å². The Bertz CT molecular complexity index is 388. The van der Waals surface area contributed by atoms with Crippen LogP contribution in [0, 0.1) is 5.82 Å². The minimum atomic E-state index is -3.60. The van der Waals surface area contributed by atoms with Gasteiger partial charge in [0, 0.05) is 0 Å². The summed E-state index contributed by atoms with van der Waals surface area (Å²) >= 11 is 0. The van der Waals surface area contributed by atoms with Crippen molar-refractivity contribution in [1.82, 2.24) is 0 Å². The molecule has 0 amide bonds. The zero-order chi connectivity index (χ0) is 10.6. The third kappa shape index (κ3) is 4.31. The molecule has 1 rings (SSSR count). The standard InChI is InChI=1S/C8H10FNO3S/c9-8-3-1-7(2-4-8)5-13-6-14(10,11)12/h1-4H,5-6H2,(H2,10,11,12). The third-order valence-electron chi connectivity index (χ3n) is 1.43. The van der Waals surface area contributed by atoms with Crippen LogP contribution >= 0.6 is 0 Å². The molecule has 6 heteroatoms. The van der Waals surface area contributed by atoms with E-state index in [9.17, 15) is 12.8 Å². The van der Waals surface area contributed by atoms with Gasteiger partial charge in [0.15, 0.2) is 5.94 Å². The van der Waals surface area contributed by atoms with Gasteiger partial charge in [-0.05, 0) is 17.7 Å². The quantitative estimate of drug-likeness (QED) is 0.805. The molecule has 0 unspecified atom stereocenters. The number of hydrogen-bond acceptors (Lipinski definition) is 3. The number of ether oxygens (including phenoxy) is 1. The molecule has 0 atom stereocenters. The highest BCUT2D eigenvalue weighted by Crippen LogP contribution is 2.04. The molecular weight excluding hydrogens is 209 g/mol. The first-order chi connectivity index (χ1) is 6.47. The van der Waals surface area contributed by atoms with Gasteiger partial charge < -0.3 is 4.74 Å². The molecule has 2 N–H and O–H groups in total. The summed E-state index contributed by atoms with van der Waals surface area (Å²) in [5.41, 5.74) is 0.690. The highest BCUT2D eigenvalue weighted by atomic mass is 32.2.